The fourth-order valence-corrected chi connectivity index (χ4v) is 2.09. The van der Waals surface area contributed by atoms with Crippen LogP contribution < -0.4 is 5.32 Å². The normalized spacial score (nSPS) is 19.2. The van der Waals surface area contributed by atoms with Gasteiger partial charge in [0.05, 0.1) is 0 Å². The number of nitrogens with one attached hydrogen (secondary N) is 1. The lowest BCUT2D eigenvalue weighted by atomic mass is 9.92. The van der Waals surface area contributed by atoms with E-state index >= 15 is 0 Å². The lowest BCUT2D eigenvalue weighted by molar-refractivity contribution is -0.0361. The van der Waals surface area contributed by atoms with Crippen LogP contribution in [-0.4, -0.2) is 21.9 Å². The highest BCUT2D eigenvalue weighted by Crippen LogP contribution is 2.34. The lowest BCUT2D eigenvalue weighted by Crippen LogP contribution is -2.32. The van der Waals surface area contributed by atoms with Crippen molar-refractivity contribution in [2.24, 2.45) is 0 Å². The number of aryl methyl sites for hydroxylation is 1. The summed E-state index contributed by atoms with van der Waals surface area (Å²) in [4.78, 5) is 7.95. The smallest absolute Gasteiger partial charge is 0.248 e. The Morgan fingerprint density at radius 2 is 2.06 bits per heavy atom. The van der Waals surface area contributed by atoms with Gasteiger partial charge in [0.1, 0.15) is 11.9 Å². The van der Waals surface area contributed by atoms with Crippen molar-refractivity contribution in [3.8, 4) is 6.07 Å². The van der Waals surface area contributed by atoms with E-state index in [4.69, 9.17) is 5.26 Å². The van der Waals surface area contributed by atoms with Crippen molar-refractivity contribution in [3.05, 3.63) is 17.6 Å². The molecule has 1 aliphatic rings. The van der Waals surface area contributed by atoms with Crippen LogP contribution in [0.15, 0.2) is 6.07 Å². The number of hydrogen-bond donors (Lipinski definition) is 1. The van der Waals surface area contributed by atoms with Gasteiger partial charge in [-0.1, -0.05) is 0 Å². The minimum absolute atomic E-state index is 0.00883. The second-order valence-electron chi connectivity index (χ2n) is 4.60. The Morgan fingerprint density at radius 3 is 2.67 bits per heavy atom. The summed E-state index contributed by atoms with van der Waals surface area (Å²) < 4.78 is 26.0. The molecule has 0 spiro atoms. The fraction of sp³-hybridized carbons (Fsp3) is 0.583. The Bertz CT molecular complexity index is 471. The Hall–Kier alpha value is -1.77. The van der Waals surface area contributed by atoms with Crippen LogP contribution in [0.25, 0.3) is 0 Å². The highest BCUT2D eigenvalue weighted by molar-refractivity contribution is 5.38. The van der Waals surface area contributed by atoms with Gasteiger partial charge in [0.15, 0.2) is 0 Å². The standard InChI is InChI=1S/C12H14F2N4/c1-8-6-10(18-11(7-15)16-8)17-9-2-4-12(13,14)5-3-9/h6,9H,2-5H2,1H3,(H,16,17,18). The Balaban J connectivity index is 2.02. The van der Waals surface area contributed by atoms with Gasteiger partial charge >= 0.3 is 0 Å². The van der Waals surface area contributed by atoms with Crippen molar-refractivity contribution in [1.29, 1.82) is 5.26 Å². The third kappa shape index (κ3) is 3.13. The molecule has 0 aromatic carbocycles. The predicted octanol–water partition coefficient (Wildman–Crippen LogP) is 2.65. The van der Waals surface area contributed by atoms with Crippen LogP contribution in [0.5, 0.6) is 0 Å². The maximum absolute atomic E-state index is 13.0. The van der Waals surface area contributed by atoms with E-state index in [1.807, 2.05) is 6.07 Å². The van der Waals surface area contributed by atoms with E-state index in [1.54, 1.807) is 13.0 Å². The van der Waals surface area contributed by atoms with Crippen molar-refractivity contribution in [2.75, 3.05) is 5.32 Å². The molecule has 1 fully saturated rings. The molecule has 0 atom stereocenters. The number of nitrogens with zero attached hydrogens (tertiary/aromatic N) is 3. The fourth-order valence-electron chi connectivity index (χ4n) is 2.09. The zero-order valence-electron chi connectivity index (χ0n) is 10.1. The predicted molar refractivity (Wildman–Crippen MR) is 62.3 cm³/mol. The largest absolute Gasteiger partial charge is 0.367 e. The van der Waals surface area contributed by atoms with Crippen molar-refractivity contribution in [3.63, 3.8) is 0 Å². The average molecular weight is 252 g/mol. The molecule has 18 heavy (non-hydrogen) atoms. The molecule has 96 valence electrons. The van der Waals surface area contributed by atoms with Gasteiger partial charge in [-0.25, -0.2) is 18.7 Å². The van der Waals surface area contributed by atoms with Crippen molar-refractivity contribution in [1.82, 2.24) is 9.97 Å². The van der Waals surface area contributed by atoms with Gasteiger partial charge < -0.3 is 5.32 Å². The minimum Gasteiger partial charge on any atom is -0.367 e. The van der Waals surface area contributed by atoms with E-state index in [1.165, 1.54) is 0 Å². The highest BCUT2D eigenvalue weighted by Gasteiger charge is 2.34. The van der Waals surface area contributed by atoms with Crippen molar-refractivity contribution >= 4 is 5.82 Å². The first-order valence-corrected chi connectivity index (χ1v) is 5.89. The second kappa shape index (κ2) is 4.84. The van der Waals surface area contributed by atoms with E-state index in [0.29, 0.717) is 24.4 Å². The number of anilines is 1. The minimum atomic E-state index is -2.53. The molecule has 2 rings (SSSR count). The molecule has 1 saturated carbocycles. The van der Waals surface area contributed by atoms with Crippen LogP contribution in [0.1, 0.15) is 37.2 Å². The zero-order valence-corrected chi connectivity index (χ0v) is 10.1. The third-order valence-corrected chi connectivity index (χ3v) is 3.02. The molecular weight excluding hydrogens is 238 g/mol. The summed E-state index contributed by atoms with van der Waals surface area (Å²) in [6, 6.07) is 3.58. The molecule has 0 bridgehead atoms. The van der Waals surface area contributed by atoms with Crippen molar-refractivity contribution < 1.29 is 8.78 Å². The third-order valence-electron chi connectivity index (χ3n) is 3.02. The van der Waals surface area contributed by atoms with Crippen LogP contribution in [-0.2, 0) is 0 Å². The number of aromatic nitrogens is 2. The number of halogens is 2. The molecule has 0 unspecified atom stereocenters. The van der Waals surface area contributed by atoms with E-state index in [-0.39, 0.29) is 24.7 Å². The average Bonchev–Trinajstić information content (AvgIpc) is 2.31. The summed E-state index contributed by atoms with van der Waals surface area (Å²) in [5.41, 5.74) is 0.685. The summed E-state index contributed by atoms with van der Waals surface area (Å²) in [7, 11) is 0. The summed E-state index contributed by atoms with van der Waals surface area (Å²) >= 11 is 0. The maximum atomic E-state index is 13.0. The molecule has 0 saturated heterocycles. The molecule has 1 aromatic heterocycles. The molecule has 1 N–H and O–H groups in total. The van der Waals surface area contributed by atoms with Gasteiger partial charge in [0, 0.05) is 30.6 Å². The SMILES string of the molecule is Cc1cc(NC2CCC(F)(F)CC2)nc(C#N)n1. The highest BCUT2D eigenvalue weighted by atomic mass is 19.3. The monoisotopic (exact) mass is 252 g/mol. The lowest BCUT2D eigenvalue weighted by Gasteiger charge is -2.29. The first kappa shape index (κ1) is 12.7. The summed E-state index contributed by atoms with van der Waals surface area (Å²) in [5, 5.41) is 11.9. The molecular formula is C12H14F2N4. The van der Waals surface area contributed by atoms with Crippen LogP contribution in [0, 0.1) is 18.3 Å². The van der Waals surface area contributed by atoms with Gasteiger partial charge in [0.2, 0.25) is 11.7 Å². The van der Waals surface area contributed by atoms with Gasteiger partial charge in [-0.05, 0) is 19.8 Å². The number of hydrogen-bond acceptors (Lipinski definition) is 4. The van der Waals surface area contributed by atoms with Crippen LogP contribution in [0.2, 0.25) is 0 Å². The summed E-state index contributed by atoms with van der Waals surface area (Å²) in [5.74, 6) is -1.90. The van der Waals surface area contributed by atoms with Gasteiger partial charge in [-0.15, -0.1) is 0 Å². The Labute approximate surface area is 104 Å². The van der Waals surface area contributed by atoms with E-state index in [2.05, 4.69) is 15.3 Å². The first-order chi connectivity index (χ1) is 8.48. The summed E-state index contributed by atoms with van der Waals surface area (Å²) in [6.45, 7) is 1.77. The number of nitriles is 1. The van der Waals surface area contributed by atoms with Gasteiger partial charge in [-0.2, -0.15) is 5.26 Å². The van der Waals surface area contributed by atoms with Crippen molar-refractivity contribution in [2.45, 2.75) is 44.6 Å². The molecule has 0 aliphatic heterocycles. The van der Waals surface area contributed by atoms with E-state index in [9.17, 15) is 8.78 Å². The molecule has 6 heteroatoms. The second-order valence-corrected chi connectivity index (χ2v) is 4.60. The molecule has 1 aliphatic carbocycles. The van der Waals surface area contributed by atoms with Crippen LogP contribution in [0.4, 0.5) is 14.6 Å². The first-order valence-electron chi connectivity index (χ1n) is 5.89. The molecule has 0 radical (unpaired) electrons. The summed E-state index contributed by atoms with van der Waals surface area (Å²) in [6.07, 6.45) is 0.634. The number of rotatable bonds is 2. The van der Waals surface area contributed by atoms with Gasteiger partial charge in [0.25, 0.3) is 0 Å². The quantitative estimate of drug-likeness (QED) is 0.879. The molecule has 4 nitrogen and oxygen atoms in total. The zero-order chi connectivity index (χ0) is 13.2. The molecule has 0 amide bonds. The van der Waals surface area contributed by atoms with Crippen LogP contribution in [0.3, 0.4) is 0 Å². The Kier molecular flexibility index (Phi) is 3.41. The van der Waals surface area contributed by atoms with E-state index in [0.717, 1.165) is 0 Å². The molecule has 1 aromatic rings. The maximum Gasteiger partial charge on any atom is 0.248 e. The number of alkyl halides is 2. The van der Waals surface area contributed by atoms with Gasteiger partial charge in [-0.3, -0.25) is 0 Å². The van der Waals surface area contributed by atoms with Crippen LogP contribution >= 0.6 is 0 Å². The van der Waals surface area contributed by atoms with E-state index < -0.39 is 5.92 Å². The molecule has 1 heterocycles. The topological polar surface area (TPSA) is 61.6 Å². The Morgan fingerprint density at radius 1 is 1.39 bits per heavy atom.